The summed E-state index contributed by atoms with van der Waals surface area (Å²) in [4.78, 5) is 3.57. The van der Waals surface area contributed by atoms with Gasteiger partial charge in [-0.25, -0.2) is 0 Å². The molecule has 0 saturated carbocycles. The monoisotopic (exact) mass is 560 g/mol. The number of furan rings is 1. The van der Waals surface area contributed by atoms with E-state index in [1.54, 1.807) is 0 Å². The number of fused-ring (bicyclic) bond motifs is 9. The van der Waals surface area contributed by atoms with Crippen molar-refractivity contribution in [1.82, 2.24) is 9.55 Å². The molecule has 212 valence electrons. The molecule has 1 N–H and O–H groups in total. The Balaban J connectivity index is 0.000000163. The predicted molar refractivity (Wildman–Crippen MR) is 187 cm³/mol. The highest BCUT2D eigenvalue weighted by atomic mass is 16.3. The summed E-state index contributed by atoms with van der Waals surface area (Å²) in [5.41, 5.74) is 7.98. The Bertz CT molecular complexity index is 2230. The Morgan fingerprint density at radius 1 is 0.419 bits per heavy atom. The molecule has 0 aliphatic carbocycles. The molecule has 9 rings (SSSR count). The SMILES string of the molecule is CC.CC.c1ccc(-n2c3ccccc3c3cc4[nH]c5ccccc5c4cc32)cc1.c1ccc2c(c1)oc1ccccc12. The Labute approximate surface area is 252 Å². The molecule has 9 aromatic rings. The lowest BCUT2D eigenvalue weighted by atomic mass is 10.1. The predicted octanol–water partition coefficient (Wildman–Crippen LogP) is 12.1. The highest BCUT2D eigenvalue weighted by Gasteiger charge is 2.14. The van der Waals surface area contributed by atoms with Gasteiger partial charge in [-0.15, -0.1) is 0 Å². The van der Waals surface area contributed by atoms with Gasteiger partial charge in [0.25, 0.3) is 0 Å². The lowest BCUT2D eigenvalue weighted by Gasteiger charge is -2.07. The minimum absolute atomic E-state index is 0.962. The minimum Gasteiger partial charge on any atom is -0.456 e. The molecule has 6 aromatic carbocycles. The van der Waals surface area contributed by atoms with E-state index < -0.39 is 0 Å². The first kappa shape index (κ1) is 27.9. The number of H-pyrrole nitrogens is 1. The summed E-state index contributed by atoms with van der Waals surface area (Å²) in [5, 5.41) is 7.49. The van der Waals surface area contributed by atoms with Gasteiger partial charge in [0.2, 0.25) is 0 Å². The second kappa shape index (κ2) is 12.3. The van der Waals surface area contributed by atoms with E-state index in [2.05, 4.69) is 113 Å². The fraction of sp³-hybridized carbons (Fsp3) is 0.100. The summed E-state index contributed by atoms with van der Waals surface area (Å²) in [7, 11) is 0. The number of aromatic amines is 1. The van der Waals surface area contributed by atoms with E-state index in [1.165, 1.54) is 60.1 Å². The van der Waals surface area contributed by atoms with Crippen molar-refractivity contribution in [3.05, 3.63) is 140 Å². The number of aromatic nitrogens is 2. The van der Waals surface area contributed by atoms with Gasteiger partial charge in [0.05, 0.1) is 11.0 Å². The van der Waals surface area contributed by atoms with Crippen LogP contribution >= 0.6 is 0 Å². The molecule has 3 nitrogen and oxygen atoms in total. The molecule has 43 heavy (non-hydrogen) atoms. The molecule has 0 spiro atoms. The van der Waals surface area contributed by atoms with Crippen molar-refractivity contribution >= 4 is 65.6 Å². The van der Waals surface area contributed by atoms with E-state index in [4.69, 9.17) is 4.42 Å². The van der Waals surface area contributed by atoms with Crippen LogP contribution in [-0.2, 0) is 0 Å². The van der Waals surface area contributed by atoms with Crippen LogP contribution in [0.3, 0.4) is 0 Å². The third kappa shape index (κ3) is 4.93. The molecular weight excluding hydrogens is 524 g/mol. The summed E-state index contributed by atoms with van der Waals surface area (Å²) in [6.45, 7) is 8.00. The van der Waals surface area contributed by atoms with Crippen molar-refractivity contribution in [2.75, 3.05) is 0 Å². The van der Waals surface area contributed by atoms with E-state index in [0.717, 1.165) is 11.2 Å². The van der Waals surface area contributed by atoms with Crippen LogP contribution in [0.1, 0.15) is 27.7 Å². The smallest absolute Gasteiger partial charge is 0.135 e. The van der Waals surface area contributed by atoms with Gasteiger partial charge in [-0.1, -0.05) is 119 Å². The van der Waals surface area contributed by atoms with Crippen LogP contribution < -0.4 is 0 Å². The van der Waals surface area contributed by atoms with Gasteiger partial charge < -0.3 is 14.0 Å². The maximum Gasteiger partial charge on any atom is 0.135 e. The Kier molecular flexibility index (Phi) is 7.97. The maximum absolute atomic E-state index is 5.65. The number of benzene rings is 6. The molecule has 0 aliphatic heterocycles. The molecule has 3 aromatic heterocycles. The van der Waals surface area contributed by atoms with Gasteiger partial charge in [0.1, 0.15) is 11.2 Å². The number of hydrogen-bond donors (Lipinski definition) is 1. The number of nitrogens with zero attached hydrogens (tertiary/aromatic N) is 1. The topological polar surface area (TPSA) is 33.9 Å². The first-order chi connectivity index (χ1) is 21.3. The summed E-state index contributed by atoms with van der Waals surface area (Å²) < 4.78 is 8.02. The standard InChI is InChI=1S/C24H16N2.C12H8O.2C2H6/c1-2-8-16(9-3-1)26-23-13-7-5-11-18(23)20-14-22-19(15-24(20)26)17-10-4-6-12-21(17)25-22;1-3-7-11-9(5-1)10-6-2-4-8-12(10)13-11;2*1-2/h1-15,25H;1-8H;2*1-2H3. The lowest BCUT2D eigenvalue weighted by molar-refractivity contribution is 0.669. The van der Waals surface area contributed by atoms with Crippen LogP contribution in [0.15, 0.2) is 144 Å². The van der Waals surface area contributed by atoms with Crippen molar-refractivity contribution in [1.29, 1.82) is 0 Å². The maximum atomic E-state index is 5.65. The Hall–Kier alpha value is -5.28. The number of para-hydroxylation sites is 5. The van der Waals surface area contributed by atoms with Crippen molar-refractivity contribution in [3.8, 4) is 5.69 Å². The third-order valence-electron chi connectivity index (χ3n) is 7.60. The zero-order valence-electron chi connectivity index (χ0n) is 25.1. The number of rotatable bonds is 1. The van der Waals surface area contributed by atoms with Gasteiger partial charge in [-0.2, -0.15) is 0 Å². The van der Waals surface area contributed by atoms with Crippen LogP contribution in [0.25, 0.3) is 71.2 Å². The second-order valence-electron chi connectivity index (χ2n) is 9.87. The van der Waals surface area contributed by atoms with Crippen molar-refractivity contribution < 1.29 is 4.42 Å². The van der Waals surface area contributed by atoms with Crippen molar-refractivity contribution in [2.24, 2.45) is 0 Å². The van der Waals surface area contributed by atoms with Gasteiger partial charge in [-0.05, 0) is 48.5 Å². The first-order valence-electron chi connectivity index (χ1n) is 15.2. The van der Waals surface area contributed by atoms with Crippen molar-refractivity contribution in [3.63, 3.8) is 0 Å². The molecule has 0 fully saturated rings. The largest absolute Gasteiger partial charge is 0.456 e. The number of hydrogen-bond acceptors (Lipinski definition) is 1. The van der Waals surface area contributed by atoms with Gasteiger partial charge >= 0.3 is 0 Å². The average molecular weight is 561 g/mol. The molecule has 0 atom stereocenters. The molecule has 0 saturated heterocycles. The summed E-state index contributed by atoms with van der Waals surface area (Å²) in [6.07, 6.45) is 0. The minimum atomic E-state index is 0.962. The Morgan fingerprint density at radius 2 is 0.953 bits per heavy atom. The first-order valence-corrected chi connectivity index (χ1v) is 15.2. The van der Waals surface area contributed by atoms with Crippen LogP contribution in [0.4, 0.5) is 0 Å². The molecule has 3 heteroatoms. The van der Waals surface area contributed by atoms with Gasteiger partial charge in [0.15, 0.2) is 0 Å². The molecule has 0 radical (unpaired) electrons. The van der Waals surface area contributed by atoms with E-state index in [0.29, 0.717) is 0 Å². The fourth-order valence-corrected chi connectivity index (χ4v) is 5.84. The quantitative estimate of drug-likeness (QED) is 0.213. The molecule has 0 aliphatic rings. The van der Waals surface area contributed by atoms with Crippen LogP contribution in [-0.4, -0.2) is 9.55 Å². The highest BCUT2D eigenvalue weighted by Crippen LogP contribution is 2.36. The van der Waals surface area contributed by atoms with Gasteiger partial charge in [-0.3, -0.25) is 0 Å². The van der Waals surface area contributed by atoms with Crippen molar-refractivity contribution in [2.45, 2.75) is 27.7 Å². The van der Waals surface area contributed by atoms with E-state index >= 15 is 0 Å². The molecule has 0 amide bonds. The van der Waals surface area contributed by atoms with Crippen LogP contribution in [0, 0.1) is 0 Å². The molecule has 0 unspecified atom stereocenters. The Morgan fingerprint density at radius 3 is 1.63 bits per heavy atom. The highest BCUT2D eigenvalue weighted by molar-refractivity contribution is 6.18. The molecule has 3 heterocycles. The average Bonchev–Trinajstić information content (AvgIpc) is 3.75. The molecular formula is C40H36N2O. The van der Waals surface area contributed by atoms with E-state index in [1.807, 2.05) is 64.1 Å². The van der Waals surface area contributed by atoms with Gasteiger partial charge in [0, 0.05) is 49.0 Å². The summed E-state index contributed by atoms with van der Waals surface area (Å²) in [6, 6.07) is 48.6. The zero-order valence-corrected chi connectivity index (χ0v) is 25.1. The second-order valence-corrected chi connectivity index (χ2v) is 9.87. The fourth-order valence-electron chi connectivity index (χ4n) is 5.84. The number of nitrogens with one attached hydrogen (secondary N) is 1. The summed E-state index contributed by atoms with van der Waals surface area (Å²) in [5.74, 6) is 0. The normalized spacial score (nSPS) is 10.8. The van der Waals surface area contributed by atoms with Crippen LogP contribution in [0.5, 0.6) is 0 Å². The summed E-state index contributed by atoms with van der Waals surface area (Å²) >= 11 is 0. The molecule has 0 bridgehead atoms. The van der Waals surface area contributed by atoms with Crippen LogP contribution in [0.2, 0.25) is 0 Å². The third-order valence-corrected chi connectivity index (χ3v) is 7.60. The zero-order chi connectivity index (χ0) is 29.8. The van der Waals surface area contributed by atoms with E-state index in [-0.39, 0.29) is 0 Å². The lowest BCUT2D eigenvalue weighted by Crippen LogP contribution is -1.92. The van der Waals surface area contributed by atoms with E-state index in [9.17, 15) is 0 Å².